The van der Waals surface area contributed by atoms with E-state index in [1.54, 1.807) is 0 Å². The van der Waals surface area contributed by atoms with Crippen molar-refractivity contribution in [3.05, 3.63) is 0 Å². The molecule has 1 rings (SSSR count). The van der Waals surface area contributed by atoms with Crippen LogP contribution in [0.15, 0.2) is 0 Å². The SMILES string of the molecule is O=C(O)C1COCC(=O)N1CCO. The highest BCUT2D eigenvalue weighted by Gasteiger charge is 2.33. The van der Waals surface area contributed by atoms with Crippen LogP contribution in [-0.2, 0) is 14.3 Å². The molecule has 1 aliphatic rings. The Balaban J connectivity index is 2.67. The van der Waals surface area contributed by atoms with Crippen LogP contribution in [0.4, 0.5) is 0 Å². The lowest BCUT2D eigenvalue weighted by atomic mass is 10.2. The molecule has 0 bridgehead atoms. The van der Waals surface area contributed by atoms with Crippen LogP contribution in [0, 0.1) is 0 Å². The van der Waals surface area contributed by atoms with Crippen LogP contribution in [0.1, 0.15) is 0 Å². The highest BCUT2D eigenvalue weighted by molar-refractivity contribution is 5.85. The Bertz CT molecular complexity index is 217. The number of carbonyl (C=O) groups is 2. The number of aliphatic hydroxyl groups excluding tert-OH is 1. The highest BCUT2D eigenvalue weighted by Crippen LogP contribution is 2.07. The van der Waals surface area contributed by atoms with Crippen molar-refractivity contribution < 1.29 is 24.5 Å². The summed E-state index contributed by atoms with van der Waals surface area (Å²) in [6.45, 7) is -0.320. The Morgan fingerprint density at radius 3 is 2.92 bits per heavy atom. The lowest BCUT2D eigenvalue weighted by Crippen LogP contribution is -2.54. The van der Waals surface area contributed by atoms with Crippen molar-refractivity contribution in [2.45, 2.75) is 6.04 Å². The number of β-amino-alcohol motifs (C(OH)–C–C–N with tert-alkyl or cyclic N) is 1. The highest BCUT2D eigenvalue weighted by atomic mass is 16.5. The molecule has 1 heterocycles. The Morgan fingerprint density at radius 2 is 2.38 bits per heavy atom. The van der Waals surface area contributed by atoms with Gasteiger partial charge in [0.15, 0.2) is 6.04 Å². The molecule has 13 heavy (non-hydrogen) atoms. The lowest BCUT2D eigenvalue weighted by Gasteiger charge is -2.32. The summed E-state index contributed by atoms with van der Waals surface area (Å²) >= 11 is 0. The number of rotatable bonds is 3. The zero-order valence-corrected chi connectivity index (χ0v) is 6.97. The van der Waals surface area contributed by atoms with Crippen molar-refractivity contribution in [3.8, 4) is 0 Å². The van der Waals surface area contributed by atoms with Gasteiger partial charge < -0.3 is 19.8 Å². The van der Waals surface area contributed by atoms with Gasteiger partial charge in [-0.25, -0.2) is 4.79 Å². The molecule has 1 amide bonds. The topological polar surface area (TPSA) is 87.1 Å². The first-order valence-electron chi connectivity index (χ1n) is 3.87. The molecular weight excluding hydrogens is 178 g/mol. The lowest BCUT2D eigenvalue weighted by molar-refractivity contribution is -0.163. The minimum absolute atomic E-state index is 0.0128. The summed E-state index contributed by atoms with van der Waals surface area (Å²) in [7, 11) is 0. The Labute approximate surface area is 74.7 Å². The molecule has 0 spiro atoms. The van der Waals surface area contributed by atoms with Gasteiger partial charge >= 0.3 is 5.97 Å². The van der Waals surface area contributed by atoms with Gasteiger partial charge in [-0.05, 0) is 0 Å². The molecule has 0 aliphatic carbocycles. The van der Waals surface area contributed by atoms with Gasteiger partial charge in [-0.1, -0.05) is 0 Å². The van der Waals surface area contributed by atoms with Crippen LogP contribution in [0.25, 0.3) is 0 Å². The van der Waals surface area contributed by atoms with Crippen LogP contribution in [0.5, 0.6) is 0 Å². The number of carboxylic acids is 1. The normalized spacial score (nSPS) is 23.3. The summed E-state index contributed by atoms with van der Waals surface area (Å²) in [6, 6.07) is -0.964. The minimum Gasteiger partial charge on any atom is -0.480 e. The summed E-state index contributed by atoms with van der Waals surface area (Å²) < 4.78 is 4.78. The quantitative estimate of drug-likeness (QED) is 0.552. The number of ether oxygens (including phenoxy) is 1. The molecule has 1 atom stereocenters. The molecule has 74 valence electrons. The van der Waals surface area contributed by atoms with E-state index in [9.17, 15) is 9.59 Å². The molecule has 0 radical (unpaired) electrons. The first kappa shape index (κ1) is 9.94. The smallest absolute Gasteiger partial charge is 0.328 e. The summed E-state index contributed by atoms with van der Waals surface area (Å²) in [4.78, 5) is 22.9. The third-order valence-electron chi connectivity index (χ3n) is 1.82. The second-order valence-electron chi connectivity index (χ2n) is 2.68. The van der Waals surface area contributed by atoms with E-state index in [1.807, 2.05) is 0 Å². The molecule has 6 nitrogen and oxygen atoms in total. The molecule has 2 N–H and O–H groups in total. The third-order valence-corrected chi connectivity index (χ3v) is 1.82. The number of carbonyl (C=O) groups excluding carboxylic acids is 1. The van der Waals surface area contributed by atoms with Gasteiger partial charge in [0.1, 0.15) is 6.61 Å². The fourth-order valence-electron chi connectivity index (χ4n) is 1.20. The van der Waals surface area contributed by atoms with E-state index >= 15 is 0 Å². The van der Waals surface area contributed by atoms with Crippen LogP contribution in [0.3, 0.4) is 0 Å². The maximum Gasteiger partial charge on any atom is 0.328 e. The van der Waals surface area contributed by atoms with E-state index < -0.39 is 17.9 Å². The fourth-order valence-corrected chi connectivity index (χ4v) is 1.20. The van der Waals surface area contributed by atoms with E-state index in [4.69, 9.17) is 14.9 Å². The van der Waals surface area contributed by atoms with Crippen molar-refractivity contribution in [2.75, 3.05) is 26.4 Å². The average molecular weight is 189 g/mol. The Kier molecular flexibility index (Phi) is 3.21. The van der Waals surface area contributed by atoms with E-state index in [-0.39, 0.29) is 26.4 Å². The van der Waals surface area contributed by atoms with Crippen LogP contribution in [0.2, 0.25) is 0 Å². The molecule has 1 fully saturated rings. The third kappa shape index (κ3) is 2.16. The maximum atomic E-state index is 11.1. The van der Waals surface area contributed by atoms with Crippen LogP contribution < -0.4 is 0 Å². The molecule has 0 saturated carbocycles. The zero-order chi connectivity index (χ0) is 9.84. The molecular formula is C7H11NO5. The summed E-state index contributed by atoms with van der Waals surface area (Å²) in [5.41, 5.74) is 0. The predicted octanol–water partition coefficient (Wildman–Crippen LogP) is -1.71. The summed E-state index contributed by atoms with van der Waals surface area (Å²) in [5, 5.41) is 17.3. The number of carboxylic acid groups (broad SMARTS) is 1. The number of hydrogen-bond acceptors (Lipinski definition) is 4. The van der Waals surface area contributed by atoms with Gasteiger partial charge in [0.2, 0.25) is 5.91 Å². The first-order valence-corrected chi connectivity index (χ1v) is 3.87. The van der Waals surface area contributed by atoms with Crippen LogP contribution >= 0.6 is 0 Å². The monoisotopic (exact) mass is 189 g/mol. The zero-order valence-electron chi connectivity index (χ0n) is 6.97. The van der Waals surface area contributed by atoms with Crippen molar-refractivity contribution in [2.24, 2.45) is 0 Å². The second kappa shape index (κ2) is 4.20. The molecule has 0 aromatic carbocycles. The summed E-state index contributed by atoms with van der Waals surface area (Å²) in [5.74, 6) is -1.51. The minimum atomic E-state index is -1.11. The van der Waals surface area contributed by atoms with Gasteiger partial charge in [-0.2, -0.15) is 0 Å². The van der Waals surface area contributed by atoms with Crippen LogP contribution in [-0.4, -0.2) is 59.4 Å². The first-order chi connectivity index (χ1) is 6.16. The van der Waals surface area contributed by atoms with Gasteiger partial charge in [0.25, 0.3) is 0 Å². The predicted molar refractivity (Wildman–Crippen MR) is 41.0 cm³/mol. The number of aliphatic carboxylic acids is 1. The van der Waals surface area contributed by atoms with E-state index in [0.717, 1.165) is 4.90 Å². The largest absolute Gasteiger partial charge is 0.480 e. The fraction of sp³-hybridized carbons (Fsp3) is 0.714. The van der Waals surface area contributed by atoms with Gasteiger partial charge in [-0.3, -0.25) is 4.79 Å². The molecule has 1 unspecified atom stereocenters. The van der Waals surface area contributed by atoms with Crippen molar-refractivity contribution >= 4 is 11.9 Å². The number of morpholine rings is 1. The summed E-state index contributed by atoms with van der Waals surface area (Å²) in [6.07, 6.45) is 0. The number of aliphatic hydroxyl groups is 1. The van der Waals surface area contributed by atoms with Crippen molar-refractivity contribution in [1.29, 1.82) is 0 Å². The molecule has 0 aromatic heterocycles. The molecule has 1 aliphatic heterocycles. The molecule has 0 aromatic rings. The van der Waals surface area contributed by atoms with E-state index in [0.29, 0.717) is 0 Å². The Morgan fingerprint density at radius 1 is 1.69 bits per heavy atom. The standard InChI is InChI=1S/C7H11NO5/c9-2-1-8-5(7(11)12)3-13-4-6(8)10/h5,9H,1-4H2,(H,11,12). The Hall–Kier alpha value is -1.14. The number of amides is 1. The van der Waals surface area contributed by atoms with Gasteiger partial charge in [0.05, 0.1) is 13.2 Å². The molecule has 1 saturated heterocycles. The van der Waals surface area contributed by atoms with E-state index in [2.05, 4.69) is 0 Å². The van der Waals surface area contributed by atoms with Crippen molar-refractivity contribution in [1.82, 2.24) is 4.90 Å². The van der Waals surface area contributed by atoms with Gasteiger partial charge in [-0.15, -0.1) is 0 Å². The average Bonchev–Trinajstić information content (AvgIpc) is 2.08. The molecule has 6 heteroatoms. The second-order valence-corrected chi connectivity index (χ2v) is 2.68. The van der Waals surface area contributed by atoms with Crippen molar-refractivity contribution in [3.63, 3.8) is 0 Å². The number of nitrogens with zero attached hydrogens (tertiary/aromatic N) is 1. The number of hydrogen-bond donors (Lipinski definition) is 2. The van der Waals surface area contributed by atoms with Gasteiger partial charge in [0, 0.05) is 6.54 Å². The van der Waals surface area contributed by atoms with E-state index in [1.165, 1.54) is 0 Å². The maximum absolute atomic E-state index is 11.1.